The predicted octanol–water partition coefficient (Wildman–Crippen LogP) is 4.16. The average molecular weight is 512 g/mol. The molecule has 35 heavy (non-hydrogen) atoms. The number of carbonyl (C=O) groups excluding carboxylic acids is 1. The number of halogens is 4. The molecule has 1 aliphatic heterocycles. The summed E-state index contributed by atoms with van der Waals surface area (Å²) in [6.07, 6.45) is 0.898. The molecule has 0 spiro atoms. The number of guanidine groups is 1. The maximum Gasteiger partial charge on any atom is 0.258 e. The standard InChI is InChI=1S/C24H29ClF3N5O2/c1-14(2)35-8-4-7-29-24(31-23(34)15-5-6-19(27)20(28)11-15)30-22-13-21(32-33(22)3)16-9-17(25)12-18(26)10-16/h5-6,9-12,14,21-22,32H,4,7-8,13H2,1-3H3,(H2,29,30,31,34). The number of benzene rings is 2. The number of amides is 1. The second-order valence-electron chi connectivity index (χ2n) is 8.48. The largest absolute Gasteiger partial charge is 0.379 e. The van der Waals surface area contributed by atoms with Gasteiger partial charge in [0.25, 0.3) is 5.91 Å². The molecule has 0 saturated carbocycles. The Balaban J connectivity index is 1.71. The van der Waals surface area contributed by atoms with Crippen LogP contribution < -0.4 is 16.1 Å². The normalized spacial score (nSPS) is 18.8. The fourth-order valence-corrected chi connectivity index (χ4v) is 3.81. The fraction of sp³-hybridized carbons (Fsp3) is 0.417. The van der Waals surface area contributed by atoms with E-state index in [1.165, 1.54) is 18.2 Å². The van der Waals surface area contributed by atoms with Crippen molar-refractivity contribution in [1.82, 2.24) is 21.1 Å². The van der Waals surface area contributed by atoms with Gasteiger partial charge in [-0.25, -0.2) is 23.6 Å². The van der Waals surface area contributed by atoms with Crippen LogP contribution in [0, 0.1) is 17.5 Å². The molecule has 190 valence electrons. The minimum Gasteiger partial charge on any atom is -0.379 e. The maximum atomic E-state index is 13.8. The molecule has 0 aliphatic carbocycles. The lowest BCUT2D eigenvalue weighted by molar-refractivity contribution is 0.0782. The van der Waals surface area contributed by atoms with Crippen molar-refractivity contribution >= 4 is 23.5 Å². The monoisotopic (exact) mass is 511 g/mol. The van der Waals surface area contributed by atoms with E-state index in [1.807, 2.05) is 13.8 Å². The highest BCUT2D eigenvalue weighted by molar-refractivity contribution is 6.30. The molecular formula is C24H29ClF3N5O2. The molecule has 1 saturated heterocycles. The predicted molar refractivity (Wildman–Crippen MR) is 128 cm³/mol. The zero-order valence-corrected chi connectivity index (χ0v) is 20.5. The summed E-state index contributed by atoms with van der Waals surface area (Å²) in [6, 6.07) is 7.01. The summed E-state index contributed by atoms with van der Waals surface area (Å²) in [5.74, 6) is -3.07. The number of carbonyl (C=O) groups is 1. The number of hydrogen-bond acceptors (Lipinski definition) is 5. The summed E-state index contributed by atoms with van der Waals surface area (Å²) in [6.45, 7) is 4.73. The molecule has 0 aromatic heterocycles. The Morgan fingerprint density at radius 3 is 2.69 bits per heavy atom. The van der Waals surface area contributed by atoms with Crippen LogP contribution in [0.1, 0.15) is 48.7 Å². The number of rotatable bonds is 8. The van der Waals surface area contributed by atoms with E-state index in [0.717, 1.165) is 12.1 Å². The minimum absolute atomic E-state index is 0.0493. The van der Waals surface area contributed by atoms with Gasteiger partial charge in [-0.15, -0.1) is 0 Å². The van der Waals surface area contributed by atoms with Crippen molar-refractivity contribution in [3.05, 3.63) is 70.0 Å². The van der Waals surface area contributed by atoms with Gasteiger partial charge in [0.05, 0.1) is 12.3 Å². The summed E-state index contributed by atoms with van der Waals surface area (Å²) < 4.78 is 46.2. The molecule has 7 nitrogen and oxygen atoms in total. The van der Waals surface area contributed by atoms with Crippen molar-refractivity contribution in [2.24, 2.45) is 4.99 Å². The number of aliphatic imine (C=N–C) groups is 1. The topological polar surface area (TPSA) is 78.0 Å². The van der Waals surface area contributed by atoms with Crippen LogP contribution in [0.5, 0.6) is 0 Å². The lowest BCUT2D eigenvalue weighted by Crippen LogP contribution is -2.51. The van der Waals surface area contributed by atoms with Crippen LogP contribution >= 0.6 is 11.6 Å². The van der Waals surface area contributed by atoms with Crippen LogP contribution in [-0.2, 0) is 4.74 Å². The van der Waals surface area contributed by atoms with Crippen LogP contribution in [0.2, 0.25) is 5.02 Å². The lowest BCUT2D eigenvalue weighted by Gasteiger charge is -2.22. The number of nitrogens with one attached hydrogen (secondary N) is 3. The second kappa shape index (κ2) is 12.3. The van der Waals surface area contributed by atoms with Crippen LogP contribution in [0.4, 0.5) is 13.2 Å². The van der Waals surface area contributed by atoms with E-state index in [1.54, 1.807) is 18.1 Å². The van der Waals surface area contributed by atoms with Gasteiger partial charge in [0.2, 0.25) is 0 Å². The third-order valence-corrected chi connectivity index (χ3v) is 5.53. The third-order valence-electron chi connectivity index (χ3n) is 5.31. The average Bonchev–Trinajstić information content (AvgIpc) is 3.14. The highest BCUT2D eigenvalue weighted by atomic mass is 35.5. The Morgan fingerprint density at radius 2 is 2.00 bits per heavy atom. The molecule has 1 amide bonds. The van der Waals surface area contributed by atoms with Gasteiger partial charge in [-0.1, -0.05) is 11.6 Å². The maximum absolute atomic E-state index is 13.8. The van der Waals surface area contributed by atoms with Crippen LogP contribution in [0.25, 0.3) is 0 Å². The van der Waals surface area contributed by atoms with E-state index in [0.29, 0.717) is 36.6 Å². The Hall–Kier alpha value is -2.66. The first-order valence-corrected chi connectivity index (χ1v) is 11.6. The Kier molecular flexibility index (Phi) is 9.50. The van der Waals surface area contributed by atoms with E-state index >= 15 is 0 Å². The number of ether oxygens (including phenoxy) is 1. The van der Waals surface area contributed by atoms with E-state index < -0.39 is 23.4 Å². The SMILES string of the molecule is CC(C)OCCCN=C(NC(=O)c1ccc(F)c(F)c1)NC1CC(c2cc(F)cc(Cl)c2)NN1C. The third kappa shape index (κ3) is 7.93. The van der Waals surface area contributed by atoms with Gasteiger partial charge in [-0.3, -0.25) is 15.1 Å². The molecule has 3 N–H and O–H groups in total. The van der Waals surface area contributed by atoms with E-state index in [-0.39, 0.29) is 29.8 Å². The molecule has 1 heterocycles. The van der Waals surface area contributed by atoms with E-state index in [4.69, 9.17) is 16.3 Å². The summed E-state index contributed by atoms with van der Waals surface area (Å²) in [4.78, 5) is 17.1. The van der Waals surface area contributed by atoms with Crippen molar-refractivity contribution in [2.45, 2.75) is 45.0 Å². The Labute approximate surface area is 207 Å². The molecule has 2 atom stereocenters. The van der Waals surface area contributed by atoms with E-state index in [9.17, 15) is 18.0 Å². The molecule has 1 fully saturated rings. The minimum atomic E-state index is -1.12. The van der Waals surface area contributed by atoms with Gasteiger partial charge in [-0.05, 0) is 62.2 Å². The van der Waals surface area contributed by atoms with Gasteiger partial charge >= 0.3 is 0 Å². The fourth-order valence-electron chi connectivity index (χ4n) is 3.58. The van der Waals surface area contributed by atoms with Crippen molar-refractivity contribution in [2.75, 3.05) is 20.2 Å². The quantitative estimate of drug-likeness (QED) is 0.282. The smallest absolute Gasteiger partial charge is 0.258 e. The summed E-state index contributed by atoms with van der Waals surface area (Å²) in [7, 11) is 1.80. The van der Waals surface area contributed by atoms with Crippen molar-refractivity contribution in [3.63, 3.8) is 0 Å². The number of nitrogens with zero attached hydrogens (tertiary/aromatic N) is 2. The van der Waals surface area contributed by atoms with Gasteiger partial charge in [-0.2, -0.15) is 0 Å². The van der Waals surface area contributed by atoms with Gasteiger partial charge in [0.1, 0.15) is 5.82 Å². The molecule has 2 aromatic rings. The highest BCUT2D eigenvalue weighted by Gasteiger charge is 2.31. The molecule has 11 heteroatoms. The van der Waals surface area contributed by atoms with Gasteiger partial charge < -0.3 is 10.1 Å². The van der Waals surface area contributed by atoms with Gasteiger partial charge in [0, 0.05) is 43.2 Å². The van der Waals surface area contributed by atoms with Gasteiger partial charge in [0.15, 0.2) is 17.6 Å². The van der Waals surface area contributed by atoms with Crippen molar-refractivity contribution in [3.8, 4) is 0 Å². The first-order valence-electron chi connectivity index (χ1n) is 11.3. The van der Waals surface area contributed by atoms with Crippen LogP contribution in [0.15, 0.2) is 41.4 Å². The lowest BCUT2D eigenvalue weighted by atomic mass is 10.0. The van der Waals surface area contributed by atoms with Crippen LogP contribution in [-0.4, -0.2) is 49.3 Å². The Morgan fingerprint density at radius 1 is 1.23 bits per heavy atom. The van der Waals surface area contributed by atoms with Crippen molar-refractivity contribution in [1.29, 1.82) is 0 Å². The summed E-state index contributed by atoms with van der Waals surface area (Å²) in [5, 5.41) is 7.88. The second-order valence-corrected chi connectivity index (χ2v) is 8.91. The summed E-state index contributed by atoms with van der Waals surface area (Å²) >= 11 is 6.00. The van der Waals surface area contributed by atoms with Crippen LogP contribution in [0.3, 0.4) is 0 Å². The molecule has 3 rings (SSSR count). The summed E-state index contributed by atoms with van der Waals surface area (Å²) in [5.41, 5.74) is 3.87. The highest BCUT2D eigenvalue weighted by Crippen LogP contribution is 2.28. The molecule has 0 bridgehead atoms. The Bertz CT molecular complexity index is 1050. The first kappa shape index (κ1) is 26.9. The van der Waals surface area contributed by atoms with E-state index in [2.05, 4.69) is 21.1 Å². The molecule has 2 unspecified atom stereocenters. The number of hydrazine groups is 1. The molecular weight excluding hydrogens is 483 g/mol. The molecule has 2 aromatic carbocycles. The zero-order valence-electron chi connectivity index (χ0n) is 19.7. The van der Waals surface area contributed by atoms with Crippen molar-refractivity contribution < 1.29 is 22.7 Å². The molecule has 1 aliphatic rings. The first-order chi connectivity index (χ1) is 16.6. The number of hydrogen-bond donors (Lipinski definition) is 3. The zero-order chi connectivity index (χ0) is 25.5. The molecule has 0 radical (unpaired) electrons.